The fourth-order valence-corrected chi connectivity index (χ4v) is 9.40. The minimum atomic E-state index is -1.84. The highest BCUT2D eigenvalue weighted by Gasteiger charge is 2.64. The molecule has 1 aromatic carbocycles. The Morgan fingerprint density at radius 2 is 1.88 bits per heavy atom. The number of anilines is 1. The van der Waals surface area contributed by atoms with Gasteiger partial charge in [0.15, 0.2) is 5.72 Å². The van der Waals surface area contributed by atoms with Gasteiger partial charge in [0, 0.05) is 57.9 Å². The van der Waals surface area contributed by atoms with E-state index in [-0.39, 0.29) is 36.0 Å². The highest BCUT2D eigenvalue weighted by molar-refractivity contribution is 8.76. The summed E-state index contributed by atoms with van der Waals surface area (Å²) in [5, 5.41) is 14.5. The number of benzene rings is 1. The number of likely N-dealkylation sites (N-methyl/N-ethyl adjacent to an activating group) is 1. The lowest BCUT2D eigenvalue weighted by molar-refractivity contribution is -0.162. The van der Waals surface area contributed by atoms with Crippen LogP contribution in [0.2, 0.25) is 5.02 Å². The predicted octanol–water partition coefficient (Wildman–Crippen LogP) is 5.66. The summed E-state index contributed by atoms with van der Waals surface area (Å²) in [6.45, 7) is 8.55. The van der Waals surface area contributed by atoms with Crippen LogP contribution < -0.4 is 15.0 Å². The number of aliphatic hydroxyl groups is 1. The van der Waals surface area contributed by atoms with Crippen molar-refractivity contribution in [3.05, 3.63) is 46.5 Å². The summed E-state index contributed by atoms with van der Waals surface area (Å²) in [5.41, 5.74) is -0.957. The van der Waals surface area contributed by atoms with Crippen LogP contribution in [0.3, 0.4) is 0 Å². The summed E-state index contributed by atoms with van der Waals surface area (Å²) in [7, 11) is 9.14. The Balaban J connectivity index is 1.63. The number of nitrogens with one attached hydrogen (secondary N) is 1. The number of nitrogens with zero attached hydrogens (tertiary/aromatic N) is 2. The van der Waals surface area contributed by atoms with Crippen LogP contribution in [0.5, 0.6) is 5.75 Å². The number of allylic oxidation sites excluding steroid dienone is 3. The van der Waals surface area contributed by atoms with E-state index >= 15 is 0 Å². The normalized spacial score (nSPS) is 29.8. The molecule has 0 spiro atoms. The zero-order chi connectivity index (χ0) is 42.2. The molecule has 3 aliphatic rings. The zero-order valence-corrected chi connectivity index (χ0v) is 36.5. The number of halogens is 1. The molecule has 2 saturated heterocycles. The van der Waals surface area contributed by atoms with Crippen molar-refractivity contribution < 1.29 is 52.8 Å². The number of methoxy groups -OCH3 is 2. The van der Waals surface area contributed by atoms with Crippen LogP contribution in [0.15, 0.2) is 35.9 Å². The maximum absolute atomic E-state index is 14.2. The number of Topliss-reactive ketones (excluding diaryl/α,β-unsaturated/α-hetero) is 1. The van der Waals surface area contributed by atoms with E-state index in [0.717, 1.165) is 23.3 Å². The average Bonchev–Trinajstić information content (AvgIpc) is 3.86. The molecule has 2 fully saturated rings. The van der Waals surface area contributed by atoms with Gasteiger partial charge in [-0.1, -0.05) is 63.9 Å². The third kappa shape index (κ3) is 11.7. The first-order valence-electron chi connectivity index (χ1n) is 18.9. The molecular weight excluding hydrogens is 798 g/mol. The van der Waals surface area contributed by atoms with Gasteiger partial charge < -0.3 is 43.4 Å². The number of amides is 3. The Morgan fingerprint density at radius 3 is 2.54 bits per heavy atom. The van der Waals surface area contributed by atoms with Crippen LogP contribution in [0.25, 0.3) is 0 Å². The Labute approximate surface area is 348 Å². The number of rotatable bonds is 13. The number of carbonyl (C=O) groups is 5. The number of fused-ring (bicyclic) bond motifs is 5. The van der Waals surface area contributed by atoms with Gasteiger partial charge in [0.2, 0.25) is 11.8 Å². The summed E-state index contributed by atoms with van der Waals surface area (Å²) in [4.78, 5) is 67.9. The van der Waals surface area contributed by atoms with E-state index < -0.39 is 65.7 Å². The lowest BCUT2D eigenvalue weighted by Gasteiger charge is -2.42. The van der Waals surface area contributed by atoms with Gasteiger partial charge >= 0.3 is 12.1 Å². The average molecular weight is 854 g/mol. The van der Waals surface area contributed by atoms with Crippen molar-refractivity contribution in [1.29, 1.82) is 0 Å². The van der Waals surface area contributed by atoms with Gasteiger partial charge in [-0.15, -0.1) is 0 Å². The number of epoxide rings is 1. The van der Waals surface area contributed by atoms with E-state index in [0.29, 0.717) is 30.0 Å². The first-order chi connectivity index (χ1) is 26.8. The number of hydrogen-bond acceptors (Lipinski definition) is 13. The van der Waals surface area contributed by atoms with Crippen LogP contribution in [0, 0.1) is 5.92 Å². The molecule has 14 nitrogen and oxygen atoms in total. The molecule has 1 aromatic rings. The fourth-order valence-electron chi connectivity index (χ4n) is 7.02. The van der Waals surface area contributed by atoms with Crippen molar-refractivity contribution in [2.24, 2.45) is 5.92 Å². The lowest BCUT2D eigenvalue weighted by atomic mass is 9.83. The van der Waals surface area contributed by atoms with Gasteiger partial charge in [-0.05, 0) is 58.2 Å². The van der Waals surface area contributed by atoms with Crippen molar-refractivity contribution >= 4 is 68.5 Å². The number of carbonyl (C=O) groups excluding carboxylic acids is 5. The number of alkyl carbamates (subject to hydrolysis) is 1. The van der Waals surface area contributed by atoms with Crippen LogP contribution in [0.4, 0.5) is 10.5 Å². The molecule has 0 radical (unpaired) electrons. The third-order valence-corrected chi connectivity index (χ3v) is 13.6. The smallest absolute Gasteiger partial charge is 0.409 e. The van der Waals surface area contributed by atoms with Gasteiger partial charge in [-0.3, -0.25) is 14.9 Å². The lowest BCUT2D eigenvalue weighted by Crippen LogP contribution is -2.63. The Hall–Kier alpha value is -3.28. The van der Waals surface area contributed by atoms with Crippen LogP contribution in [-0.2, 0) is 44.5 Å². The van der Waals surface area contributed by atoms with E-state index in [4.69, 9.17) is 35.3 Å². The molecule has 57 heavy (non-hydrogen) atoms. The molecule has 316 valence electrons. The second-order valence-electron chi connectivity index (χ2n) is 15.1. The maximum Gasteiger partial charge on any atom is 0.409 e. The number of ketones is 1. The van der Waals surface area contributed by atoms with Gasteiger partial charge in [-0.25, -0.2) is 9.59 Å². The fraction of sp³-hybridized carbons (Fsp3) is 0.625. The number of ether oxygens (including phenoxy) is 5. The molecule has 0 saturated carbocycles. The Morgan fingerprint density at radius 1 is 1.18 bits per heavy atom. The van der Waals surface area contributed by atoms with Crippen LogP contribution in [-0.4, -0.2) is 121 Å². The van der Waals surface area contributed by atoms with Gasteiger partial charge in [0.05, 0.1) is 25.3 Å². The molecule has 3 aliphatic heterocycles. The summed E-state index contributed by atoms with van der Waals surface area (Å²) in [5.74, 6) is -0.150. The molecule has 8 atom stereocenters. The molecule has 4 bridgehead atoms. The molecule has 3 heterocycles. The minimum absolute atomic E-state index is 0.0587. The van der Waals surface area contributed by atoms with E-state index in [1.165, 1.54) is 41.9 Å². The van der Waals surface area contributed by atoms with E-state index in [2.05, 4.69) is 5.32 Å². The van der Waals surface area contributed by atoms with Crippen LogP contribution >= 0.6 is 33.2 Å². The topological polar surface area (TPSA) is 174 Å². The van der Waals surface area contributed by atoms with Gasteiger partial charge in [-0.2, -0.15) is 0 Å². The zero-order valence-electron chi connectivity index (χ0n) is 34.1. The van der Waals surface area contributed by atoms with Gasteiger partial charge in [0.25, 0.3) is 0 Å². The van der Waals surface area contributed by atoms with Crippen molar-refractivity contribution in [1.82, 2.24) is 10.2 Å². The largest absolute Gasteiger partial charge is 0.495 e. The van der Waals surface area contributed by atoms with E-state index in [1.54, 1.807) is 69.8 Å². The molecular formula is C40H56ClN3O11S2. The SMILES string of the molecule is COc1cc2cc(c1Cl)N(C)C(=O)C[C@H](OC(=O)[C@H](C)N(C)C(=O)CCSSCCCC(C)=O)C1(C)O[C@H]1[C@H](C)[C@@H]1C[C@@](O)(NC(=O)O1)[C@H](OC)/C=C/C=C(\C)C2. The van der Waals surface area contributed by atoms with E-state index in [1.807, 2.05) is 13.0 Å². The highest BCUT2D eigenvalue weighted by Crippen LogP contribution is 2.49. The number of hydrogen-bond donors (Lipinski definition) is 2. The molecule has 0 aliphatic carbocycles. The molecule has 4 rings (SSSR count). The van der Waals surface area contributed by atoms with Crippen molar-refractivity contribution in [3.63, 3.8) is 0 Å². The summed E-state index contributed by atoms with van der Waals surface area (Å²) >= 11 is 6.77. The predicted molar refractivity (Wildman–Crippen MR) is 220 cm³/mol. The molecule has 2 N–H and O–H groups in total. The molecule has 1 unspecified atom stereocenters. The summed E-state index contributed by atoms with van der Waals surface area (Å²) in [6.07, 6.45) is 2.33. The Bertz CT molecular complexity index is 1730. The second kappa shape index (κ2) is 20.1. The van der Waals surface area contributed by atoms with Crippen molar-refractivity contribution in [2.45, 2.75) is 115 Å². The minimum Gasteiger partial charge on any atom is -0.495 e. The van der Waals surface area contributed by atoms with Crippen LogP contribution in [0.1, 0.15) is 72.3 Å². The van der Waals surface area contributed by atoms with E-state index in [9.17, 15) is 29.1 Å². The molecule has 17 heteroatoms. The highest BCUT2D eigenvalue weighted by atomic mass is 35.5. The molecule has 3 amide bonds. The maximum atomic E-state index is 14.2. The first kappa shape index (κ1) is 46.4. The quantitative estimate of drug-likeness (QED) is 0.108. The monoisotopic (exact) mass is 853 g/mol. The standard InChI is InChI=1S/C40H56ClN3O11S2/c1-23-12-10-14-31(52-9)40(50)22-30(53-38(49)42-40)25(3)36-39(5,55-36)32(21-34(47)44(7)28-19-27(18-23)20-29(51-8)35(28)41)54-37(48)26(4)43(6)33(46)15-17-57-56-16-11-13-24(2)45/h10,12,14,19-20,25-26,30-32,36,50H,11,13,15-18,21-22H2,1-9H3,(H,42,49)/b14-10+,23-12+/t25-,26+,30+,31-,32+,36+,39?,40+/m1/s1. The second-order valence-corrected chi connectivity index (χ2v) is 18.2. The Kier molecular flexibility index (Phi) is 16.4. The first-order valence-corrected chi connectivity index (χ1v) is 21.8. The van der Waals surface area contributed by atoms with Gasteiger partial charge in [0.1, 0.15) is 46.5 Å². The molecule has 0 aromatic heterocycles. The van der Waals surface area contributed by atoms with Crippen molar-refractivity contribution in [3.8, 4) is 5.75 Å². The summed E-state index contributed by atoms with van der Waals surface area (Å²) in [6, 6.07) is 2.58. The van der Waals surface area contributed by atoms with Crippen molar-refractivity contribution in [2.75, 3.05) is 44.7 Å². The third-order valence-electron chi connectivity index (χ3n) is 10.8. The summed E-state index contributed by atoms with van der Waals surface area (Å²) < 4.78 is 29.3. The number of esters is 1.